The topological polar surface area (TPSA) is 102 Å². The minimum Gasteiger partial charge on any atom is -0.497 e. The van der Waals surface area contributed by atoms with E-state index in [2.05, 4.69) is 16.8 Å². The highest BCUT2D eigenvalue weighted by Gasteiger charge is 2.37. The number of hydrogen-bond donors (Lipinski definition) is 1. The number of likely N-dealkylation sites (N-methyl/N-ethyl adjacent to an activating group) is 1. The average Bonchev–Trinajstić information content (AvgIpc) is 3.63. The molecule has 1 aliphatic rings. The lowest BCUT2D eigenvalue weighted by molar-refractivity contribution is -0.130. The van der Waals surface area contributed by atoms with Crippen molar-refractivity contribution < 1.29 is 19.4 Å². The summed E-state index contributed by atoms with van der Waals surface area (Å²) in [6.07, 6.45) is 0. The quantitative estimate of drug-likeness (QED) is 0.147. The van der Waals surface area contributed by atoms with Crippen molar-refractivity contribution in [3.05, 3.63) is 117 Å². The van der Waals surface area contributed by atoms with Gasteiger partial charge in [0.25, 0.3) is 0 Å². The van der Waals surface area contributed by atoms with Crippen LogP contribution in [0.1, 0.15) is 23.9 Å². The van der Waals surface area contributed by atoms with Crippen LogP contribution in [0.3, 0.4) is 0 Å². The third-order valence-corrected chi connectivity index (χ3v) is 8.68. The number of anilines is 1. The van der Waals surface area contributed by atoms with Gasteiger partial charge in [0.1, 0.15) is 23.7 Å². The molecule has 0 bridgehead atoms. The predicted molar refractivity (Wildman–Crippen MR) is 191 cm³/mol. The standard InChI is InChI=1S/C36H30Cl3N5O4/c1-4-43(17-18-48-27-13-11-26(47-3)12-14-27)25-10-16-30(21(2)19-25)40-34-31(28-20-24(38)9-15-29(28)39)32(36(45)46)35-41-33(42-44(34)35)22-5-7-23(37)8-6-22/h5-16,19-20H,4,17-18H2,1-3H3,(H,45,46)/b40-34+. The van der Waals surface area contributed by atoms with E-state index in [1.165, 1.54) is 4.68 Å². The van der Waals surface area contributed by atoms with Gasteiger partial charge in [0.2, 0.25) is 0 Å². The molecule has 0 unspecified atom stereocenters. The highest BCUT2D eigenvalue weighted by atomic mass is 35.5. The van der Waals surface area contributed by atoms with Crippen LogP contribution in [-0.4, -0.2) is 58.5 Å². The first-order valence-electron chi connectivity index (χ1n) is 15.0. The van der Waals surface area contributed by atoms with E-state index < -0.39 is 5.97 Å². The van der Waals surface area contributed by atoms with Crippen molar-refractivity contribution in [2.45, 2.75) is 13.8 Å². The fourth-order valence-electron chi connectivity index (χ4n) is 5.41. The maximum Gasteiger partial charge on any atom is 0.340 e. The molecule has 0 radical (unpaired) electrons. The zero-order chi connectivity index (χ0) is 33.9. The number of rotatable bonds is 11. The Morgan fingerprint density at radius 2 is 1.65 bits per heavy atom. The molecule has 1 aliphatic heterocycles. The number of allylic oxidation sites excluding steroid dienone is 1. The van der Waals surface area contributed by atoms with Crippen LogP contribution in [0.5, 0.6) is 11.5 Å². The molecule has 4 aromatic carbocycles. The number of carboxylic acid groups (broad SMARTS) is 1. The molecule has 12 heteroatoms. The number of aliphatic imine (C=N–C) groups is 1. The van der Waals surface area contributed by atoms with Crippen LogP contribution in [0.2, 0.25) is 15.1 Å². The number of nitrogens with zero attached hydrogens (tertiary/aromatic N) is 5. The lowest BCUT2D eigenvalue weighted by Gasteiger charge is -2.24. The van der Waals surface area contributed by atoms with Crippen molar-refractivity contribution in [1.29, 1.82) is 0 Å². The van der Waals surface area contributed by atoms with Gasteiger partial charge in [-0.25, -0.2) is 14.8 Å². The average molecular weight is 703 g/mol. The van der Waals surface area contributed by atoms with Gasteiger partial charge in [-0.1, -0.05) is 34.8 Å². The highest BCUT2D eigenvalue weighted by molar-refractivity contribution is 6.46. The molecular formula is C36H30Cl3N5O4. The van der Waals surface area contributed by atoms with Gasteiger partial charge in [0, 0.05) is 44.0 Å². The van der Waals surface area contributed by atoms with E-state index in [4.69, 9.17) is 54.4 Å². The molecule has 0 saturated heterocycles. The highest BCUT2D eigenvalue weighted by Crippen LogP contribution is 2.40. The Bertz CT molecular complexity index is 2060. The first-order chi connectivity index (χ1) is 23.2. The van der Waals surface area contributed by atoms with E-state index in [1.54, 1.807) is 49.6 Å². The third kappa shape index (κ3) is 6.75. The van der Waals surface area contributed by atoms with Crippen LogP contribution >= 0.6 is 34.8 Å². The Labute approximate surface area is 292 Å². The van der Waals surface area contributed by atoms with E-state index in [-0.39, 0.29) is 22.8 Å². The van der Waals surface area contributed by atoms with Gasteiger partial charge >= 0.3 is 5.97 Å². The SMILES string of the molecule is CCN(CCOc1ccc(OC)cc1)c1ccc(/N=C2\C(c3cc(Cl)ccc3Cl)=C(C(=O)O)c3nc(-c4ccc(Cl)cc4)nn32)c(C)c1. The van der Waals surface area contributed by atoms with E-state index >= 15 is 0 Å². The summed E-state index contributed by atoms with van der Waals surface area (Å²) < 4.78 is 12.6. The van der Waals surface area contributed by atoms with Crippen molar-refractivity contribution in [1.82, 2.24) is 14.8 Å². The first-order valence-corrected chi connectivity index (χ1v) is 16.2. The molecule has 9 nitrogen and oxygen atoms in total. The molecule has 0 amide bonds. The fraction of sp³-hybridized carbons (Fsp3) is 0.167. The van der Waals surface area contributed by atoms with E-state index in [9.17, 15) is 9.90 Å². The van der Waals surface area contributed by atoms with Crippen LogP contribution < -0.4 is 14.4 Å². The van der Waals surface area contributed by atoms with Crippen molar-refractivity contribution in [2.75, 3.05) is 31.7 Å². The summed E-state index contributed by atoms with van der Waals surface area (Å²) in [7, 11) is 1.63. The summed E-state index contributed by atoms with van der Waals surface area (Å²) in [4.78, 5) is 24.7. The Balaban J connectivity index is 1.37. The molecule has 2 heterocycles. The van der Waals surface area contributed by atoms with Crippen LogP contribution in [0, 0.1) is 6.92 Å². The number of aromatic nitrogens is 3. The fourth-order valence-corrected chi connectivity index (χ4v) is 5.92. The maximum atomic E-state index is 12.8. The zero-order valence-electron chi connectivity index (χ0n) is 26.2. The number of fused-ring (bicyclic) bond motifs is 1. The normalized spacial score (nSPS) is 13.2. The number of ether oxygens (including phenoxy) is 2. The monoisotopic (exact) mass is 701 g/mol. The van der Waals surface area contributed by atoms with Gasteiger partial charge < -0.3 is 19.5 Å². The minimum absolute atomic E-state index is 0.0890. The summed E-state index contributed by atoms with van der Waals surface area (Å²) in [6.45, 7) is 5.94. The number of carboxylic acids is 1. The van der Waals surface area contributed by atoms with Crippen LogP contribution in [0.15, 0.2) is 89.9 Å². The second kappa shape index (κ2) is 14.1. The minimum atomic E-state index is -1.20. The van der Waals surface area contributed by atoms with Crippen LogP contribution in [-0.2, 0) is 4.79 Å². The first kappa shape index (κ1) is 33.1. The number of methoxy groups -OCH3 is 1. The number of aliphatic carboxylic acids is 1. The Hall–Kier alpha value is -4.83. The third-order valence-electron chi connectivity index (χ3n) is 7.86. The van der Waals surface area contributed by atoms with Gasteiger partial charge in [-0.15, -0.1) is 5.10 Å². The number of hydrogen-bond acceptors (Lipinski definition) is 7. The Morgan fingerprint density at radius 3 is 2.31 bits per heavy atom. The van der Waals surface area contributed by atoms with Gasteiger partial charge in [-0.2, -0.15) is 4.68 Å². The molecule has 0 spiro atoms. The smallest absolute Gasteiger partial charge is 0.340 e. The molecule has 0 fully saturated rings. The summed E-state index contributed by atoms with van der Waals surface area (Å²) in [6, 6.07) is 25.3. The molecule has 6 rings (SSSR count). The molecule has 0 saturated carbocycles. The van der Waals surface area contributed by atoms with Crippen molar-refractivity contribution in [2.24, 2.45) is 4.99 Å². The molecule has 0 atom stereocenters. The van der Waals surface area contributed by atoms with Crippen molar-refractivity contribution >= 4 is 69.1 Å². The van der Waals surface area contributed by atoms with Gasteiger partial charge in [0.15, 0.2) is 17.5 Å². The number of benzene rings is 4. The Morgan fingerprint density at radius 1 is 0.938 bits per heavy atom. The largest absolute Gasteiger partial charge is 0.497 e. The Kier molecular flexibility index (Phi) is 9.73. The summed E-state index contributed by atoms with van der Waals surface area (Å²) in [5.41, 5.74) is 3.74. The van der Waals surface area contributed by atoms with E-state index in [0.29, 0.717) is 50.9 Å². The molecule has 1 aromatic heterocycles. The van der Waals surface area contributed by atoms with Crippen molar-refractivity contribution in [3.8, 4) is 22.9 Å². The number of carbonyl (C=O) groups is 1. The van der Waals surface area contributed by atoms with E-state index in [1.807, 2.05) is 49.4 Å². The summed E-state index contributed by atoms with van der Waals surface area (Å²) in [5.74, 6) is 1.04. The molecule has 244 valence electrons. The van der Waals surface area contributed by atoms with Crippen molar-refractivity contribution in [3.63, 3.8) is 0 Å². The lowest BCUT2D eigenvalue weighted by Crippen LogP contribution is -2.28. The second-order valence-corrected chi connectivity index (χ2v) is 12.1. The molecular weight excluding hydrogens is 673 g/mol. The van der Waals surface area contributed by atoms with Gasteiger partial charge in [0.05, 0.1) is 19.3 Å². The van der Waals surface area contributed by atoms with Gasteiger partial charge in [-0.3, -0.25) is 0 Å². The molecule has 1 N–H and O–H groups in total. The summed E-state index contributed by atoms with van der Waals surface area (Å²) >= 11 is 19.1. The summed E-state index contributed by atoms with van der Waals surface area (Å²) in [5, 5.41) is 16.5. The molecule has 0 aliphatic carbocycles. The van der Waals surface area contributed by atoms with Crippen LogP contribution in [0.4, 0.5) is 11.4 Å². The molecule has 48 heavy (non-hydrogen) atoms. The second-order valence-electron chi connectivity index (χ2n) is 10.9. The van der Waals surface area contributed by atoms with Crippen LogP contribution in [0.25, 0.3) is 22.5 Å². The number of aryl methyl sites for hydroxylation is 1. The number of halogens is 3. The van der Waals surface area contributed by atoms with E-state index in [0.717, 1.165) is 29.3 Å². The zero-order valence-corrected chi connectivity index (χ0v) is 28.5. The van der Waals surface area contributed by atoms with Gasteiger partial charge in [-0.05, 0) is 104 Å². The predicted octanol–water partition coefficient (Wildman–Crippen LogP) is 8.71. The lowest BCUT2D eigenvalue weighted by atomic mass is 10.00. The maximum absolute atomic E-state index is 12.8. The molecule has 5 aromatic rings.